The molecule has 4 nitrogen and oxygen atoms in total. The molecule has 0 aliphatic rings. The van der Waals surface area contributed by atoms with Crippen LogP contribution in [0.15, 0.2) is 76.7 Å². The zero-order chi connectivity index (χ0) is 21.5. The predicted molar refractivity (Wildman–Crippen MR) is 130 cm³/mol. The number of rotatable bonds is 4. The molecular formula is C24H17Cl2N3OS. The monoisotopic (exact) mass is 465 g/mol. The minimum absolute atomic E-state index is 0.125. The Balaban J connectivity index is 1.72. The summed E-state index contributed by atoms with van der Waals surface area (Å²) < 4.78 is 1.68. The minimum atomic E-state index is -0.125. The minimum Gasteiger partial charge on any atom is -0.349 e. The highest BCUT2D eigenvalue weighted by atomic mass is 35.5. The number of aryl methyl sites for hydroxylation is 1. The lowest BCUT2D eigenvalue weighted by atomic mass is 10.2. The van der Waals surface area contributed by atoms with Crippen molar-refractivity contribution >= 4 is 56.9 Å². The molecule has 31 heavy (non-hydrogen) atoms. The molecule has 5 aromatic rings. The summed E-state index contributed by atoms with van der Waals surface area (Å²) in [6.07, 6.45) is 0. The first-order valence-corrected chi connectivity index (χ1v) is 11.4. The summed E-state index contributed by atoms with van der Waals surface area (Å²) in [4.78, 5) is 21.8. The van der Waals surface area contributed by atoms with Gasteiger partial charge in [0.25, 0.3) is 5.56 Å². The van der Waals surface area contributed by atoms with Crippen LogP contribution >= 0.6 is 35.0 Å². The number of halogens is 2. The van der Waals surface area contributed by atoms with Gasteiger partial charge < -0.3 is 4.98 Å². The highest BCUT2D eigenvalue weighted by Crippen LogP contribution is 2.31. The first kappa shape index (κ1) is 20.2. The van der Waals surface area contributed by atoms with Crippen LogP contribution in [0.4, 0.5) is 0 Å². The van der Waals surface area contributed by atoms with E-state index in [2.05, 4.69) is 4.98 Å². The van der Waals surface area contributed by atoms with Crippen LogP contribution in [-0.4, -0.2) is 14.5 Å². The van der Waals surface area contributed by atoms with Crippen LogP contribution in [0.25, 0.3) is 27.6 Å². The molecule has 5 rings (SSSR count). The van der Waals surface area contributed by atoms with Gasteiger partial charge in [0.15, 0.2) is 5.16 Å². The second-order valence-electron chi connectivity index (χ2n) is 7.24. The van der Waals surface area contributed by atoms with Gasteiger partial charge in [0.2, 0.25) is 0 Å². The van der Waals surface area contributed by atoms with Crippen LogP contribution in [0.5, 0.6) is 0 Å². The van der Waals surface area contributed by atoms with E-state index in [1.807, 2.05) is 67.6 Å². The molecule has 0 unspecified atom stereocenters. The van der Waals surface area contributed by atoms with E-state index >= 15 is 0 Å². The Morgan fingerprint density at radius 1 is 1.03 bits per heavy atom. The number of nitrogens with zero attached hydrogens (tertiary/aromatic N) is 2. The summed E-state index contributed by atoms with van der Waals surface area (Å²) in [5.74, 6) is 0.558. The van der Waals surface area contributed by atoms with Gasteiger partial charge in [0, 0.05) is 26.7 Å². The van der Waals surface area contributed by atoms with Crippen molar-refractivity contribution in [3.05, 3.63) is 98.3 Å². The van der Waals surface area contributed by atoms with Gasteiger partial charge in [-0.2, -0.15) is 0 Å². The summed E-state index contributed by atoms with van der Waals surface area (Å²) in [6, 6.07) is 21.1. The van der Waals surface area contributed by atoms with Crippen molar-refractivity contribution in [1.82, 2.24) is 14.5 Å². The van der Waals surface area contributed by atoms with Gasteiger partial charge in [-0.15, -0.1) is 0 Å². The van der Waals surface area contributed by atoms with Crippen molar-refractivity contribution in [2.45, 2.75) is 17.8 Å². The molecule has 0 amide bonds. The third-order valence-electron chi connectivity index (χ3n) is 5.22. The van der Waals surface area contributed by atoms with Crippen LogP contribution in [0.3, 0.4) is 0 Å². The van der Waals surface area contributed by atoms with Gasteiger partial charge in [-0.05, 0) is 42.3 Å². The SMILES string of the molecule is Cc1ccccc1-n1c(SCc2ccc(Cl)cc2Cl)nc2c([nH]c3ccccc32)c1=O. The number of hydrogen-bond donors (Lipinski definition) is 1. The summed E-state index contributed by atoms with van der Waals surface area (Å²) in [6.45, 7) is 1.99. The largest absolute Gasteiger partial charge is 0.349 e. The number of aromatic amines is 1. The zero-order valence-electron chi connectivity index (χ0n) is 16.5. The zero-order valence-corrected chi connectivity index (χ0v) is 18.9. The third kappa shape index (κ3) is 3.63. The third-order valence-corrected chi connectivity index (χ3v) is 6.80. The molecule has 0 saturated carbocycles. The summed E-state index contributed by atoms with van der Waals surface area (Å²) in [5, 5.41) is 2.73. The van der Waals surface area contributed by atoms with Gasteiger partial charge in [-0.1, -0.05) is 77.4 Å². The van der Waals surface area contributed by atoms with Gasteiger partial charge in [0.05, 0.1) is 5.69 Å². The van der Waals surface area contributed by atoms with Crippen LogP contribution < -0.4 is 5.56 Å². The maximum absolute atomic E-state index is 13.6. The average Bonchev–Trinajstić information content (AvgIpc) is 3.13. The lowest BCUT2D eigenvalue weighted by molar-refractivity contribution is 0.813. The Labute approximate surface area is 192 Å². The Bertz CT molecular complexity index is 1510. The number of benzene rings is 3. The molecule has 0 fully saturated rings. The average molecular weight is 466 g/mol. The fraction of sp³-hybridized carbons (Fsp3) is 0.0833. The first-order chi connectivity index (χ1) is 15.0. The highest BCUT2D eigenvalue weighted by Gasteiger charge is 2.18. The van der Waals surface area contributed by atoms with Crippen molar-refractivity contribution in [3.63, 3.8) is 0 Å². The van der Waals surface area contributed by atoms with E-state index in [0.717, 1.165) is 27.7 Å². The van der Waals surface area contributed by atoms with Crippen LogP contribution in [0, 0.1) is 6.92 Å². The molecule has 0 atom stereocenters. The van der Waals surface area contributed by atoms with E-state index in [9.17, 15) is 4.79 Å². The van der Waals surface area contributed by atoms with Crippen LogP contribution in [-0.2, 0) is 5.75 Å². The van der Waals surface area contributed by atoms with Crippen molar-refractivity contribution in [2.75, 3.05) is 0 Å². The van der Waals surface area contributed by atoms with Gasteiger partial charge in [0.1, 0.15) is 11.0 Å². The van der Waals surface area contributed by atoms with Crippen molar-refractivity contribution in [1.29, 1.82) is 0 Å². The highest BCUT2D eigenvalue weighted by molar-refractivity contribution is 7.98. The van der Waals surface area contributed by atoms with E-state index in [4.69, 9.17) is 28.2 Å². The first-order valence-electron chi connectivity index (χ1n) is 9.69. The Kier molecular flexibility index (Phi) is 5.26. The number of fused-ring (bicyclic) bond motifs is 3. The molecule has 0 bridgehead atoms. The molecule has 0 aliphatic heterocycles. The van der Waals surface area contributed by atoms with Gasteiger partial charge >= 0.3 is 0 Å². The van der Waals surface area contributed by atoms with Crippen LogP contribution in [0.1, 0.15) is 11.1 Å². The smallest absolute Gasteiger partial charge is 0.283 e. The van der Waals surface area contributed by atoms with Crippen LogP contribution in [0.2, 0.25) is 10.0 Å². The lowest BCUT2D eigenvalue weighted by Crippen LogP contribution is -2.22. The normalized spacial score (nSPS) is 11.5. The standard InChI is InChI=1S/C24H17Cl2N3OS/c1-14-6-2-5-9-20(14)29-23(30)22-21(17-7-3-4-8-19(17)27-22)28-24(29)31-13-15-10-11-16(25)12-18(15)26/h2-12,27H,13H2,1H3. The molecule has 0 radical (unpaired) electrons. The summed E-state index contributed by atoms with van der Waals surface area (Å²) in [7, 11) is 0. The summed E-state index contributed by atoms with van der Waals surface area (Å²) in [5.41, 5.74) is 4.68. The Morgan fingerprint density at radius 3 is 2.61 bits per heavy atom. The molecule has 1 N–H and O–H groups in total. The number of para-hydroxylation sites is 2. The second-order valence-corrected chi connectivity index (χ2v) is 9.03. The maximum Gasteiger partial charge on any atom is 0.283 e. The molecule has 7 heteroatoms. The number of nitrogens with one attached hydrogen (secondary N) is 1. The molecule has 154 valence electrons. The van der Waals surface area contributed by atoms with Crippen molar-refractivity contribution < 1.29 is 0 Å². The van der Waals surface area contributed by atoms with Gasteiger partial charge in [-0.3, -0.25) is 9.36 Å². The Morgan fingerprint density at radius 2 is 1.81 bits per heavy atom. The molecule has 3 aromatic carbocycles. The van der Waals surface area contributed by atoms with E-state index in [1.165, 1.54) is 11.8 Å². The predicted octanol–water partition coefficient (Wildman–Crippen LogP) is 6.77. The molecular weight excluding hydrogens is 449 g/mol. The number of aromatic nitrogens is 3. The quantitative estimate of drug-likeness (QED) is 0.235. The fourth-order valence-corrected chi connectivity index (χ4v) is 5.20. The van der Waals surface area contributed by atoms with E-state index in [1.54, 1.807) is 10.6 Å². The Hall–Kier alpha value is -2.73. The van der Waals surface area contributed by atoms with E-state index in [-0.39, 0.29) is 5.56 Å². The number of thioether (sulfide) groups is 1. The van der Waals surface area contributed by atoms with Crippen molar-refractivity contribution in [2.24, 2.45) is 0 Å². The lowest BCUT2D eigenvalue weighted by Gasteiger charge is -2.14. The number of H-pyrrole nitrogens is 1. The summed E-state index contributed by atoms with van der Waals surface area (Å²) >= 11 is 13.9. The van der Waals surface area contributed by atoms with Crippen molar-refractivity contribution in [3.8, 4) is 5.69 Å². The molecule has 0 aliphatic carbocycles. The van der Waals surface area contributed by atoms with E-state index in [0.29, 0.717) is 32.0 Å². The fourth-order valence-electron chi connectivity index (χ4n) is 3.65. The molecule has 0 saturated heterocycles. The maximum atomic E-state index is 13.6. The van der Waals surface area contributed by atoms with Gasteiger partial charge in [-0.25, -0.2) is 4.98 Å². The second kappa shape index (κ2) is 8.08. The molecule has 0 spiro atoms. The number of hydrogen-bond acceptors (Lipinski definition) is 3. The molecule has 2 heterocycles. The molecule has 2 aromatic heterocycles. The topological polar surface area (TPSA) is 50.7 Å². The van der Waals surface area contributed by atoms with E-state index < -0.39 is 0 Å².